The molecular formula is C16H15Cl2NO4S2. The van der Waals surface area contributed by atoms with Crippen LogP contribution in [0.3, 0.4) is 0 Å². The van der Waals surface area contributed by atoms with E-state index in [1.807, 2.05) is 0 Å². The number of methoxy groups -OCH3 is 1. The lowest BCUT2D eigenvalue weighted by atomic mass is 10.2. The molecule has 0 N–H and O–H groups in total. The molecule has 1 aromatic heterocycles. The van der Waals surface area contributed by atoms with Crippen LogP contribution in [-0.4, -0.2) is 32.3 Å². The maximum absolute atomic E-state index is 13.0. The van der Waals surface area contributed by atoms with E-state index in [2.05, 4.69) is 11.3 Å². The summed E-state index contributed by atoms with van der Waals surface area (Å²) in [6.45, 7) is 3.85. The number of nitrogens with zero attached hydrogens (tertiary/aromatic N) is 1. The van der Waals surface area contributed by atoms with Gasteiger partial charge in [-0.25, -0.2) is 13.2 Å². The number of ether oxygens (including phenoxy) is 1. The molecule has 0 bridgehead atoms. The van der Waals surface area contributed by atoms with Gasteiger partial charge in [0.05, 0.1) is 22.0 Å². The van der Waals surface area contributed by atoms with Crippen LogP contribution in [0, 0.1) is 0 Å². The number of hydrogen-bond acceptors (Lipinski definition) is 5. The van der Waals surface area contributed by atoms with E-state index in [0.717, 1.165) is 4.88 Å². The van der Waals surface area contributed by atoms with Gasteiger partial charge in [-0.1, -0.05) is 29.3 Å². The van der Waals surface area contributed by atoms with Gasteiger partial charge < -0.3 is 4.74 Å². The molecule has 0 aliphatic carbocycles. The quantitative estimate of drug-likeness (QED) is 0.497. The second-order valence-corrected chi connectivity index (χ2v) is 9.04. The van der Waals surface area contributed by atoms with Crippen LogP contribution in [0.4, 0.5) is 0 Å². The maximum atomic E-state index is 13.0. The van der Waals surface area contributed by atoms with E-state index in [1.165, 1.54) is 47.0 Å². The van der Waals surface area contributed by atoms with Gasteiger partial charge in [0.1, 0.15) is 4.90 Å². The number of thiophene rings is 1. The first-order valence-corrected chi connectivity index (χ1v) is 10.0. The van der Waals surface area contributed by atoms with Crippen LogP contribution in [0.5, 0.6) is 0 Å². The summed E-state index contributed by atoms with van der Waals surface area (Å²) >= 11 is 13.3. The molecule has 9 heteroatoms. The predicted octanol–water partition coefficient (Wildman–Crippen LogP) is 4.22. The third-order valence-corrected chi connectivity index (χ3v) is 6.78. The average molecular weight is 420 g/mol. The maximum Gasteiger partial charge on any atom is 0.337 e. The summed E-state index contributed by atoms with van der Waals surface area (Å²) in [5.74, 6) is -0.595. The molecule has 25 heavy (non-hydrogen) atoms. The molecule has 1 aromatic carbocycles. The number of rotatable bonds is 7. The fourth-order valence-corrected chi connectivity index (χ4v) is 5.19. The summed E-state index contributed by atoms with van der Waals surface area (Å²) in [4.78, 5) is 12.2. The van der Waals surface area contributed by atoms with Crippen LogP contribution in [0.2, 0.25) is 9.36 Å². The highest BCUT2D eigenvalue weighted by atomic mass is 35.5. The van der Waals surface area contributed by atoms with E-state index in [0.29, 0.717) is 4.34 Å². The number of carbonyl (C=O) groups is 1. The SMILES string of the molecule is C=CCN(Cc1ccc(Cl)s1)S(=O)(=O)c1ccc(C(=O)OC)cc1Cl. The Bertz CT molecular complexity index is 893. The highest BCUT2D eigenvalue weighted by Gasteiger charge is 2.27. The van der Waals surface area contributed by atoms with Gasteiger partial charge in [-0.2, -0.15) is 4.31 Å². The topological polar surface area (TPSA) is 63.7 Å². The summed E-state index contributed by atoms with van der Waals surface area (Å²) in [5, 5.41) is -0.0545. The summed E-state index contributed by atoms with van der Waals surface area (Å²) in [6, 6.07) is 7.40. The number of hydrogen-bond donors (Lipinski definition) is 0. The highest BCUT2D eigenvalue weighted by Crippen LogP contribution is 2.29. The molecule has 0 aliphatic rings. The standard InChI is InChI=1S/C16H15Cl2NO4S2/c1-3-8-19(10-12-5-7-15(18)24-12)25(21,22)14-6-4-11(9-13(14)17)16(20)23-2/h3-7,9H,1,8,10H2,2H3. The zero-order valence-electron chi connectivity index (χ0n) is 13.2. The molecule has 1 heterocycles. The van der Waals surface area contributed by atoms with Crippen molar-refractivity contribution in [1.29, 1.82) is 0 Å². The normalized spacial score (nSPS) is 11.5. The molecule has 2 rings (SSSR count). The zero-order valence-corrected chi connectivity index (χ0v) is 16.4. The number of sulfonamides is 1. The molecule has 5 nitrogen and oxygen atoms in total. The summed E-state index contributed by atoms with van der Waals surface area (Å²) < 4.78 is 32.3. The van der Waals surface area contributed by atoms with E-state index >= 15 is 0 Å². The number of benzene rings is 1. The summed E-state index contributed by atoms with van der Waals surface area (Å²) in [7, 11) is -2.66. The van der Waals surface area contributed by atoms with Crippen LogP contribution in [-0.2, 0) is 21.3 Å². The van der Waals surface area contributed by atoms with Crippen LogP contribution in [0.15, 0.2) is 47.9 Å². The molecule has 0 fully saturated rings. The van der Waals surface area contributed by atoms with Gasteiger partial charge in [0.2, 0.25) is 10.0 Å². The van der Waals surface area contributed by atoms with Crippen molar-refractivity contribution in [3.8, 4) is 0 Å². The monoisotopic (exact) mass is 419 g/mol. The van der Waals surface area contributed by atoms with E-state index in [4.69, 9.17) is 23.2 Å². The Hall–Kier alpha value is -1.38. The van der Waals surface area contributed by atoms with Crippen LogP contribution >= 0.6 is 34.5 Å². The molecule has 0 amide bonds. The van der Waals surface area contributed by atoms with Gasteiger partial charge in [0, 0.05) is 18.0 Å². The highest BCUT2D eigenvalue weighted by molar-refractivity contribution is 7.89. The van der Waals surface area contributed by atoms with Crippen LogP contribution in [0.25, 0.3) is 0 Å². The Morgan fingerprint density at radius 1 is 1.32 bits per heavy atom. The van der Waals surface area contributed by atoms with Crippen molar-refractivity contribution in [2.24, 2.45) is 0 Å². The van der Waals surface area contributed by atoms with E-state index in [-0.39, 0.29) is 28.6 Å². The molecule has 2 aromatic rings. The van der Waals surface area contributed by atoms with Crippen molar-refractivity contribution >= 4 is 50.5 Å². The molecule has 0 atom stereocenters. The van der Waals surface area contributed by atoms with Gasteiger partial charge in [-0.15, -0.1) is 17.9 Å². The molecule has 0 aliphatic heterocycles. The van der Waals surface area contributed by atoms with Gasteiger partial charge in [0.15, 0.2) is 0 Å². The first-order valence-electron chi connectivity index (χ1n) is 7.02. The summed E-state index contributed by atoms with van der Waals surface area (Å²) in [5.41, 5.74) is 0.173. The van der Waals surface area contributed by atoms with Crippen molar-refractivity contribution in [3.05, 3.63) is 62.8 Å². The van der Waals surface area contributed by atoms with Gasteiger partial charge in [-0.3, -0.25) is 0 Å². The van der Waals surface area contributed by atoms with Crippen molar-refractivity contribution in [1.82, 2.24) is 4.31 Å². The Morgan fingerprint density at radius 2 is 2.04 bits per heavy atom. The van der Waals surface area contributed by atoms with E-state index in [9.17, 15) is 13.2 Å². The fraction of sp³-hybridized carbons (Fsp3) is 0.188. The van der Waals surface area contributed by atoms with Crippen molar-refractivity contribution < 1.29 is 17.9 Å². The molecule has 0 saturated heterocycles. The Kier molecular flexibility index (Phi) is 6.65. The lowest BCUT2D eigenvalue weighted by molar-refractivity contribution is 0.0600. The van der Waals surface area contributed by atoms with Crippen molar-refractivity contribution in [2.45, 2.75) is 11.4 Å². The van der Waals surface area contributed by atoms with Gasteiger partial charge >= 0.3 is 5.97 Å². The van der Waals surface area contributed by atoms with Crippen molar-refractivity contribution in [3.63, 3.8) is 0 Å². The Labute approximate surface area is 160 Å². The third kappa shape index (κ3) is 4.62. The zero-order chi connectivity index (χ0) is 18.6. The second-order valence-electron chi connectivity index (χ2n) is 4.93. The van der Waals surface area contributed by atoms with Gasteiger partial charge in [0.25, 0.3) is 0 Å². The average Bonchev–Trinajstić information content (AvgIpc) is 2.98. The number of esters is 1. The molecule has 0 radical (unpaired) electrons. The first-order chi connectivity index (χ1) is 11.8. The third-order valence-electron chi connectivity index (χ3n) is 3.26. The molecule has 0 spiro atoms. The Balaban J connectivity index is 2.39. The second kappa shape index (κ2) is 8.33. The Morgan fingerprint density at radius 3 is 2.56 bits per heavy atom. The van der Waals surface area contributed by atoms with E-state index < -0.39 is 16.0 Å². The first kappa shape index (κ1) is 19.9. The molecule has 0 unspecified atom stereocenters. The number of carbonyl (C=O) groups excluding carboxylic acids is 1. The minimum Gasteiger partial charge on any atom is -0.465 e. The predicted molar refractivity (Wildman–Crippen MR) is 99.9 cm³/mol. The van der Waals surface area contributed by atoms with Crippen LogP contribution in [0.1, 0.15) is 15.2 Å². The minimum atomic E-state index is -3.89. The fourth-order valence-electron chi connectivity index (χ4n) is 2.10. The lowest BCUT2D eigenvalue weighted by Gasteiger charge is -2.21. The van der Waals surface area contributed by atoms with Crippen LogP contribution < -0.4 is 0 Å². The molecule has 0 saturated carbocycles. The molecular weight excluding hydrogens is 405 g/mol. The molecule has 134 valence electrons. The minimum absolute atomic E-state index is 0.0545. The van der Waals surface area contributed by atoms with Crippen molar-refractivity contribution in [2.75, 3.05) is 13.7 Å². The van der Waals surface area contributed by atoms with E-state index in [1.54, 1.807) is 12.1 Å². The number of halogens is 2. The smallest absolute Gasteiger partial charge is 0.337 e. The lowest BCUT2D eigenvalue weighted by Crippen LogP contribution is -2.30. The summed E-state index contributed by atoms with van der Waals surface area (Å²) in [6.07, 6.45) is 1.49. The largest absolute Gasteiger partial charge is 0.465 e. The van der Waals surface area contributed by atoms with Gasteiger partial charge in [-0.05, 0) is 30.3 Å².